The molecule has 0 radical (unpaired) electrons. The van der Waals surface area contributed by atoms with Crippen LogP contribution >= 0.6 is 0 Å². The van der Waals surface area contributed by atoms with Crippen molar-refractivity contribution in [3.63, 3.8) is 0 Å². The number of rotatable bonds is 8. The number of ketones is 1. The molecule has 0 saturated carbocycles. The summed E-state index contributed by atoms with van der Waals surface area (Å²) in [7, 11) is 0. The highest BCUT2D eigenvalue weighted by Crippen LogP contribution is 2.20. The molecule has 0 spiro atoms. The van der Waals surface area contributed by atoms with Crippen molar-refractivity contribution in [1.29, 1.82) is 0 Å². The van der Waals surface area contributed by atoms with E-state index in [1.165, 1.54) is 6.92 Å². The second-order valence-electron chi connectivity index (χ2n) is 6.65. The summed E-state index contributed by atoms with van der Waals surface area (Å²) in [5.74, 6) is 0.681. The van der Waals surface area contributed by atoms with Gasteiger partial charge in [-0.05, 0) is 44.4 Å². The maximum atomic E-state index is 12.7. The Hall–Kier alpha value is -2.34. The molecule has 6 nitrogen and oxygen atoms in total. The first kappa shape index (κ1) is 19.0. The molecule has 1 unspecified atom stereocenters. The number of ether oxygens (including phenoxy) is 1. The summed E-state index contributed by atoms with van der Waals surface area (Å²) in [5, 5.41) is 2.93. The molecule has 0 aromatic carbocycles. The molecule has 2 aromatic heterocycles. The molecule has 0 aliphatic rings. The molecule has 0 aliphatic carbocycles. The van der Waals surface area contributed by atoms with Gasteiger partial charge in [-0.15, -0.1) is 0 Å². The number of nitrogens with one attached hydrogen (secondary N) is 2. The molecule has 6 heteroatoms. The molecule has 2 aromatic rings. The van der Waals surface area contributed by atoms with Crippen LogP contribution < -0.4 is 5.32 Å². The van der Waals surface area contributed by atoms with Crippen molar-refractivity contribution in [3.8, 4) is 0 Å². The van der Waals surface area contributed by atoms with Gasteiger partial charge in [0.15, 0.2) is 5.78 Å². The number of hydrogen-bond donors (Lipinski definition) is 2. The first-order chi connectivity index (χ1) is 11.8. The lowest BCUT2D eigenvalue weighted by molar-refractivity contribution is 0.0727. The van der Waals surface area contributed by atoms with Crippen LogP contribution in [0.3, 0.4) is 0 Å². The van der Waals surface area contributed by atoms with Crippen molar-refractivity contribution in [2.45, 2.75) is 40.7 Å². The van der Waals surface area contributed by atoms with Gasteiger partial charge in [-0.2, -0.15) is 0 Å². The van der Waals surface area contributed by atoms with E-state index in [9.17, 15) is 9.59 Å². The SMILES string of the molecule is CC(=O)c1c(C)[nH]c(C(=O)NC(COCC(C)C)c2ccco2)c1C. The van der Waals surface area contributed by atoms with E-state index in [-0.39, 0.29) is 11.7 Å². The second-order valence-corrected chi connectivity index (χ2v) is 6.65. The Bertz CT molecular complexity index is 729. The normalized spacial score (nSPS) is 12.4. The monoisotopic (exact) mass is 346 g/mol. The average Bonchev–Trinajstić information content (AvgIpc) is 3.13. The van der Waals surface area contributed by atoms with Crippen molar-refractivity contribution in [3.05, 3.63) is 46.7 Å². The maximum absolute atomic E-state index is 12.7. The minimum atomic E-state index is -0.398. The van der Waals surface area contributed by atoms with Crippen molar-refractivity contribution in [1.82, 2.24) is 10.3 Å². The van der Waals surface area contributed by atoms with Crippen molar-refractivity contribution < 1.29 is 18.7 Å². The number of hydrogen-bond acceptors (Lipinski definition) is 4. The fourth-order valence-corrected chi connectivity index (χ4v) is 2.84. The lowest BCUT2D eigenvalue weighted by Gasteiger charge is -2.17. The Morgan fingerprint density at radius 2 is 2.00 bits per heavy atom. The summed E-state index contributed by atoms with van der Waals surface area (Å²) in [5.41, 5.74) is 2.31. The summed E-state index contributed by atoms with van der Waals surface area (Å²) in [6.45, 7) is 10.1. The van der Waals surface area contributed by atoms with E-state index in [1.54, 1.807) is 32.2 Å². The van der Waals surface area contributed by atoms with E-state index >= 15 is 0 Å². The number of furan rings is 1. The maximum Gasteiger partial charge on any atom is 0.268 e. The number of Topliss-reactive ketones (excluding diaryl/α,β-unsaturated/α-hetero) is 1. The minimum absolute atomic E-state index is 0.0619. The second kappa shape index (κ2) is 8.16. The van der Waals surface area contributed by atoms with Gasteiger partial charge in [0.2, 0.25) is 0 Å². The van der Waals surface area contributed by atoms with Crippen LogP contribution in [0.2, 0.25) is 0 Å². The summed E-state index contributed by atoms with van der Waals surface area (Å²) in [4.78, 5) is 27.5. The van der Waals surface area contributed by atoms with Gasteiger partial charge in [0, 0.05) is 17.9 Å². The highest BCUT2D eigenvalue weighted by atomic mass is 16.5. The van der Waals surface area contributed by atoms with E-state index < -0.39 is 6.04 Å². The van der Waals surface area contributed by atoms with Crippen LogP contribution in [0, 0.1) is 19.8 Å². The Kier molecular flexibility index (Phi) is 6.20. The Balaban J connectivity index is 2.17. The fourth-order valence-electron chi connectivity index (χ4n) is 2.84. The predicted molar refractivity (Wildman–Crippen MR) is 94.8 cm³/mol. The number of H-pyrrole nitrogens is 1. The van der Waals surface area contributed by atoms with E-state index in [2.05, 4.69) is 24.1 Å². The minimum Gasteiger partial charge on any atom is -0.467 e. The summed E-state index contributed by atoms with van der Waals surface area (Å²) in [6.07, 6.45) is 1.56. The quantitative estimate of drug-likeness (QED) is 0.716. The van der Waals surface area contributed by atoms with Gasteiger partial charge in [0.05, 0.1) is 12.9 Å². The van der Waals surface area contributed by atoms with Crippen LogP contribution in [0.15, 0.2) is 22.8 Å². The molecule has 2 heterocycles. The van der Waals surface area contributed by atoms with E-state index in [1.807, 2.05) is 0 Å². The Labute approximate surface area is 147 Å². The number of carbonyl (C=O) groups excluding carboxylic acids is 2. The van der Waals surface area contributed by atoms with Crippen LogP contribution in [0.4, 0.5) is 0 Å². The summed E-state index contributed by atoms with van der Waals surface area (Å²) >= 11 is 0. The van der Waals surface area contributed by atoms with Gasteiger partial charge in [0.25, 0.3) is 5.91 Å². The van der Waals surface area contributed by atoms with Crippen molar-refractivity contribution in [2.24, 2.45) is 5.92 Å². The third kappa shape index (κ3) is 4.60. The summed E-state index contributed by atoms with van der Waals surface area (Å²) < 4.78 is 11.1. The first-order valence-electron chi connectivity index (χ1n) is 8.43. The van der Waals surface area contributed by atoms with Crippen LogP contribution in [0.25, 0.3) is 0 Å². The van der Waals surface area contributed by atoms with E-state index in [0.717, 1.165) is 0 Å². The third-order valence-corrected chi connectivity index (χ3v) is 3.94. The van der Waals surface area contributed by atoms with E-state index in [4.69, 9.17) is 9.15 Å². The van der Waals surface area contributed by atoms with Gasteiger partial charge in [0.1, 0.15) is 17.5 Å². The Morgan fingerprint density at radius 3 is 2.52 bits per heavy atom. The molecule has 0 bridgehead atoms. The fraction of sp³-hybridized carbons (Fsp3) is 0.474. The first-order valence-corrected chi connectivity index (χ1v) is 8.43. The van der Waals surface area contributed by atoms with Crippen LogP contribution in [-0.4, -0.2) is 29.9 Å². The smallest absolute Gasteiger partial charge is 0.268 e. The number of carbonyl (C=O) groups is 2. The zero-order chi connectivity index (χ0) is 18.6. The summed E-state index contributed by atoms with van der Waals surface area (Å²) in [6, 6.07) is 3.18. The number of aromatic amines is 1. The third-order valence-electron chi connectivity index (χ3n) is 3.94. The number of aromatic nitrogens is 1. The molecule has 136 valence electrons. The Morgan fingerprint density at radius 1 is 1.28 bits per heavy atom. The van der Waals surface area contributed by atoms with Gasteiger partial charge in [-0.1, -0.05) is 13.8 Å². The van der Waals surface area contributed by atoms with Gasteiger partial charge in [-0.25, -0.2) is 0 Å². The molecule has 1 amide bonds. The number of aryl methyl sites for hydroxylation is 1. The predicted octanol–water partition coefficient (Wildman–Crippen LogP) is 3.57. The molecular formula is C19H26N2O4. The molecule has 0 fully saturated rings. The van der Waals surface area contributed by atoms with Gasteiger partial charge < -0.3 is 19.5 Å². The zero-order valence-corrected chi connectivity index (χ0v) is 15.4. The topological polar surface area (TPSA) is 84.3 Å². The highest BCUT2D eigenvalue weighted by molar-refractivity contribution is 6.02. The molecule has 2 rings (SSSR count). The average molecular weight is 346 g/mol. The van der Waals surface area contributed by atoms with Crippen LogP contribution in [-0.2, 0) is 4.74 Å². The molecule has 2 N–H and O–H groups in total. The lowest BCUT2D eigenvalue weighted by Crippen LogP contribution is -2.32. The molecule has 0 aliphatic heterocycles. The van der Waals surface area contributed by atoms with Crippen molar-refractivity contribution >= 4 is 11.7 Å². The van der Waals surface area contributed by atoms with Crippen molar-refractivity contribution in [2.75, 3.05) is 13.2 Å². The van der Waals surface area contributed by atoms with Crippen LogP contribution in [0.1, 0.15) is 64.7 Å². The number of amides is 1. The lowest BCUT2D eigenvalue weighted by atomic mass is 10.1. The molecular weight excluding hydrogens is 320 g/mol. The van der Waals surface area contributed by atoms with Gasteiger partial charge >= 0.3 is 0 Å². The highest BCUT2D eigenvalue weighted by Gasteiger charge is 2.23. The largest absolute Gasteiger partial charge is 0.467 e. The molecule has 25 heavy (non-hydrogen) atoms. The molecule has 1 atom stereocenters. The van der Waals surface area contributed by atoms with Crippen LogP contribution in [0.5, 0.6) is 0 Å². The molecule has 0 saturated heterocycles. The van der Waals surface area contributed by atoms with Gasteiger partial charge in [-0.3, -0.25) is 9.59 Å². The standard InChI is InChI=1S/C19H26N2O4/c1-11(2)9-24-10-15(16-7-6-8-25-16)21-19(23)18-12(3)17(14(5)22)13(4)20-18/h6-8,11,15,20H,9-10H2,1-5H3,(H,21,23). The van der Waals surface area contributed by atoms with E-state index in [0.29, 0.717) is 47.4 Å². The zero-order valence-electron chi connectivity index (χ0n) is 15.4.